The van der Waals surface area contributed by atoms with E-state index in [1.807, 2.05) is 18.2 Å². The first-order valence-electron chi connectivity index (χ1n) is 6.56. The molecule has 1 aromatic carbocycles. The third-order valence-electron chi connectivity index (χ3n) is 3.07. The molecule has 2 aromatic heterocycles. The second-order valence-corrected chi connectivity index (χ2v) is 6.22. The van der Waals surface area contributed by atoms with E-state index in [2.05, 4.69) is 14.4 Å². The SMILES string of the molecule is COC(=O)c1ccc(S(=O)(=O)Nc2ccc3ccccc3n2)o1. The Bertz CT molecular complexity index is 978. The monoisotopic (exact) mass is 332 g/mol. The number of sulfonamides is 1. The van der Waals surface area contributed by atoms with Gasteiger partial charge in [0.25, 0.3) is 10.0 Å². The van der Waals surface area contributed by atoms with Gasteiger partial charge in [0.2, 0.25) is 10.9 Å². The number of rotatable bonds is 4. The highest BCUT2D eigenvalue weighted by Gasteiger charge is 2.22. The molecule has 0 aliphatic heterocycles. The quantitative estimate of drug-likeness (QED) is 0.737. The van der Waals surface area contributed by atoms with Crippen molar-refractivity contribution in [2.45, 2.75) is 5.09 Å². The number of fused-ring (bicyclic) bond motifs is 1. The van der Waals surface area contributed by atoms with Gasteiger partial charge in [-0.1, -0.05) is 18.2 Å². The van der Waals surface area contributed by atoms with E-state index in [4.69, 9.17) is 4.42 Å². The van der Waals surface area contributed by atoms with Gasteiger partial charge < -0.3 is 9.15 Å². The predicted molar refractivity (Wildman–Crippen MR) is 82.6 cm³/mol. The van der Waals surface area contributed by atoms with E-state index in [1.165, 1.54) is 19.2 Å². The molecule has 0 fully saturated rings. The summed E-state index contributed by atoms with van der Waals surface area (Å²) in [6.07, 6.45) is 0. The standard InChI is InChI=1S/C15H12N2O5S/c1-21-15(18)12-7-9-14(22-12)23(19,20)17-13-8-6-10-4-2-3-5-11(10)16-13/h2-9H,1H3,(H,16,17). The highest BCUT2D eigenvalue weighted by atomic mass is 32.2. The summed E-state index contributed by atoms with van der Waals surface area (Å²) in [4.78, 5) is 15.5. The number of nitrogens with one attached hydrogen (secondary N) is 1. The van der Waals surface area contributed by atoms with Gasteiger partial charge in [-0.05, 0) is 30.3 Å². The van der Waals surface area contributed by atoms with Gasteiger partial charge in [-0.25, -0.2) is 9.78 Å². The second-order valence-electron chi connectivity index (χ2n) is 4.60. The zero-order chi connectivity index (χ0) is 16.4. The van der Waals surface area contributed by atoms with Crippen molar-refractivity contribution < 1.29 is 22.4 Å². The van der Waals surface area contributed by atoms with Crippen molar-refractivity contribution in [1.29, 1.82) is 0 Å². The molecule has 3 rings (SSSR count). The third kappa shape index (κ3) is 3.02. The highest BCUT2D eigenvalue weighted by molar-refractivity contribution is 7.92. The van der Waals surface area contributed by atoms with Crippen molar-refractivity contribution in [3.63, 3.8) is 0 Å². The molecule has 0 aliphatic rings. The number of para-hydroxylation sites is 1. The Kier molecular flexibility index (Phi) is 3.75. The fourth-order valence-electron chi connectivity index (χ4n) is 1.99. The first-order valence-corrected chi connectivity index (χ1v) is 8.05. The summed E-state index contributed by atoms with van der Waals surface area (Å²) in [7, 11) is -2.81. The average Bonchev–Trinajstić information content (AvgIpc) is 3.04. The van der Waals surface area contributed by atoms with Crippen molar-refractivity contribution in [3.05, 3.63) is 54.3 Å². The zero-order valence-corrected chi connectivity index (χ0v) is 12.8. The number of nitrogens with zero attached hydrogens (tertiary/aromatic N) is 1. The maximum absolute atomic E-state index is 12.3. The molecule has 0 atom stereocenters. The van der Waals surface area contributed by atoms with Crippen LogP contribution in [0.5, 0.6) is 0 Å². The summed E-state index contributed by atoms with van der Waals surface area (Å²) in [5.41, 5.74) is 0.655. The van der Waals surface area contributed by atoms with Crippen LogP contribution in [0.2, 0.25) is 0 Å². The lowest BCUT2D eigenvalue weighted by Gasteiger charge is -2.06. The molecule has 0 amide bonds. The lowest BCUT2D eigenvalue weighted by atomic mass is 10.2. The molecular weight excluding hydrogens is 320 g/mol. The van der Waals surface area contributed by atoms with Crippen LogP contribution in [-0.2, 0) is 14.8 Å². The minimum atomic E-state index is -3.99. The van der Waals surface area contributed by atoms with Gasteiger partial charge >= 0.3 is 5.97 Å². The van der Waals surface area contributed by atoms with Crippen LogP contribution in [0.3, 0.4) is 0 Å². The van der Waals surface area contributed by atoms with Gasteiger partial charge in [0.15, 0.2) is 0 Å². The highest BCUT2D eigenvalue weighted by Crippen LogP contribution is 2.20. The lowest BCUT2D eigenvalue weighted by Crippen LogP contribution is -2.13. The maximum atomic E-state index is 12.3. The van der Waals surface area contributed by atoms with Crippen molar-refractivity contribution in [3.8, 4) is 0 Å². The molecule has 0 radical (unpaired) electrons. The van der Waals surface area contributed by atoms with Crippen molar-refractivity contribution >= 4 is 32.7 Å². The van der Waals surface area contributed by atoms with E-state index >= 15 is 0 Å². The molecule has 0 saturated heterocycles. The minimum absolute atomic E-state index is 0.153. The number of ether oxygens (including phenoxy) is 1. The Labute approximate surface area is 131 Å². The van der Waals surface area contributed by atoms with E-state index < -0.39 is 21.1 Å². The van der Waals surface area contributed by atoms with E-state index in [0.29, 0.717) is 5.52 Å². The summed E-state index contributed by atoms with van der Waals surface area (Å²) in [6, 6.07) is 13.0. The number of esters is 1. The van der Waals surface area contributed by atoms with Crippen LogP contribution in [0, 0.1) is 0 Å². The minimum Gasteiger partial charge on any atom is -0.463 e. The molecule has 3 aromatic rings. The molecule has 8 heteroatoms. The van der Waals surface area contributed by atoms with Gasteiger partial charge in [-0.15, -0.1) is 0 Å². The van der Waals surface area contributed by atoms with Gasteiger partial charge in [-0.3, -0.25) is 4.72 Å². The first-order chi connectivity index (χ1) is 11.0. The molecule has 0 saturated carbocycles. The number of methoxy groups -OCH3 is 1. The number of carbonyl (C=O) groups is 1. The fourth-order valence-corrected chi connectivity index (χ4v) is 2.92. The Morgan fingerprint density at radius 1 is 1.13 bits per heavy atom. The summed E-state index contributed by atoms with van der Waals surface area (Å²) in [5, 5.41) is 0.495. The van der Waals surface area contributed by atoms with Gasteiger partial charge in [0.1, 0.15) is 5.82 Å². The van der Waals surface area contributed by atoms with Crippen LogP contribution in [0.1, 0.15) is 10.6 Å². The van der Waals surface area contributed by atoms with Crippen LogP contribution in [0.4, 0.5) is 5.82 Å². The Morgan fingerprint density at radius 2 is 1.91 bits per heavy atom. The molecule has 0 bridgehead atoms. The number of hydrogen-bond donors (Lipinski definition) is 1. The fraction of sp³-hybridized carbons (Fsp3) is 0.0667. The smallest absolute Gasteiger partial charge is 0.374 e. The molecular formula is C15H12N2O5S. The van der Waals surface area contributed by atoms with Gasteiger partial charge in [0.05, 0.1) is 12.6 Å². The van der Waals surface area contributed by atoms with Crippen LogP contribution in [0.15, 0.2) is 58.0 Å². The van der Waals surface area contributed by atoms with Crippen molar-refractivity contribution in [1.82, 2.24) is 4.98 Å². The number of furan rings is 1. The maximum Gasteiger partial charge on any atom is 0.374 e. The molecule has 0 spiro atoms. The average molecular weight is 332 g/mol. The largest absolute Gasteiger partial charge is 0.463 e. The molecule has 23 heavy (non-hydrogen) atoms. The van der Waals surface area contributed by atoms with Crippen LogP contribution < -0.4 is 4.72 Å². The van der Waals surface area contributed by atoms with Gasteiger partial charge in [-0.2, -0.15) is 8.42 Å². The topological polar surface area (TPSA) is 98.5 Å². The molecule has 1 N–H and O–H groups in total. The predicted octanol–water partition coefficient (Wildman–Crippen LogP) is 2.42. The summed E-state index contributed by atoms with van der Waals surface area (Å²) >= 11 is 0. The molecule has 118 valence electrons. The summed E-state index contributed by atoms with van der Waals surface area (Å²) < 4.78 is 36.3. The third-order valence-corrected chi connectivity index (χ3v) is 4.30. The van der Waals surface area contributed by atoms with E-state index in [9.17, 15) is 13.2 Å². The van der Waals surface area contributed by atoms with Crippen LogP contribution >= 0.6 is 0 Å². The van der Waals surface area contributed by atoms with Crippen LogP contribution in [-0.4, -0.2) is 26.5 Å². The van der Waals surface area contributed by atoms with E-state index in [1.54, 1.807) is 18.2 Å². The number of anilines is 1. The van der Waals surface area contributed by atoms with Crippen molar-refractivity contribution in [2.24, 2.45) is 0 Å². The van der Waals surface area contributed by atoms with E-state index in [0.717, 1.165) is 5.39 Å². The zero-order valence-electron chi connectivity index (χ0n) is 12.0. The Morgan fingerprint density at radius 3 is 2.70 bits per heavy atom. The first kappa shape index (κ1) is 15.0. The summed E-state index contributed by atoms with van der Waals surface area (Å²) in [6.45, 7) is 0. The van der Waals surface area contributed by atoms with Crippen LogP contribution in [0.25, 0.3) is 10.9 Å². The summed E-state index contributed by atoms with van der Waals surface area (Å²) in [5.74, 6) is -0.797. The number of pyridine rings is 1. The number of hydrogen-bond acceptors (Lipinski definition) is 6. The number of carbonyl (C=O) groups excluding carboxylic acids is 1. The normalized spacial score (nSPS) is 11.3. The Balaban J connectivity index is 1.90. The molecule has 0 unspecified atom stereocenters. The second kappa shape index (κ2) is 5.73. The molecule has 2 heterocycles. The Hall–Kier alpha value is -2.87. The lowest BCUT2D eigenvalue weighted by molar-refractivity contribution is 0.0559. The van der Waals surface area contributed by atoms with E-state index in [-0.39, 0.29) is 11.6 Å². The number of benzene rings is 1. The number of aromatic nitrogens is 1. The molecule has 7 nitrogen and oxygen atoms in total. The van der Waals surface area contributed by atoms with Gasteiger partial charge in [0, 0.05) is 5.39 Å². The van der Waals surface area contributed by atoms with Crippen molar-refractivity contribution in [2.75, 3.05) is 11.8 Å². The molecule has 0 aliphatic carbocycles.